The molecule has 1 atom stereocenters. The van der Waals surface area contributed by atoms with Crippen molar-refractivity contribution in [1.82, 2.24) is 0 Å². The first-order valence-electron chi connectivity index (χ1n) is 10.9. The molecule has 0 aromatic heterocycles. The maximum absolute atomic E-state index is 5.12. The highest BCUT2D eigenvalue weighted by molar-refractivity contribution is 7.80. The molecule has 1 nitrogen and oxygen atoms in total. The summed E-state index contributed by atoms with van der Waals surface area (Å²) in [5, 5.41) is 0. The van der Waals surface area contributed by atoms with Crippen LogP contribution < -0.4 is 0 Å². The van der Waals surface area contributed by atoms with Gasteiger partial charge in [0.2, 0.25) is 0 Å². The molecule has 5 rings (SSSR count). The van der Waals surface area contributed by atoms with E-state index in [1.807, 2.05) is 12.1 Å². The lowest BCUT2D eigenvalue weighted by Gasteiger charge is -2.09. The van der Waals surface area contributed by atoms with Crippen molar-refractivity contribution < 1.29 is 0 Å². The monoisotopic (exact) mass is 419 g/mol. The van der Waals surface area contributed by atoms with Gasteiger partial charge in [0.1, 0.15) is 0 Å². The summed E-state index contributed by atoms with van der Waals surface area (Å²) < 4.78 is 0. The molecule has 152 valence electrons. The standard InChI is InChI=1S/C29H25NS/c1-3-19(2)20-8-13-23(14-9-20)30-29-27-7-5-4-6-25(27)26-17-12-22(18-28(26)29)21-10-15-24(31)16-11-21/h4-19,31H,3H2,1-2H3. The van der Waals surface area contributed by atoms with Crippen LogP contribution in [-0.4, -0.2) is 5.71 Å². The van der Waals surface area contributed by atoms with E-state index in [1.165, 1.54) is 38.9 Å². The van der Waals surface area contributed by atoms with E-state index in [1.54, 1.807) is 0 Å². The van der Waals surface area contributed by atoms with E-state index in [0.717, 1.165) is 22.7 Å². The Hall–Kier alpha value is -3.10. The molecule has 0 amide bonds. The number of rotatable bonds is 4. The summed E-state index contributed by atoms with van der Waals surface area (Å²) in [5.41, 5.74) is 10.7. The van der Waals surface area contributed by atoms with Crippen LogP contribution in [0, 0.1) is 0 Å². The van der Waals surface area contributed by atoms with Crippen molar-refractivity contribution in [3.05, 3.63) is 108 Å². The molecule has 1 unspecified atom stereocenters. The van der Waals surface area contributed by atoms with Crippen LogP contribution in [0.15, 0.2) is 101 Å². The number of aliphatic imine (C=N–C) groups is 1. The topological polar surface area (TPSA) is 12.4 Å². The van der Waals surface area contributed by atoms with Gasteiger partial charge in [-0.15, -0.1) is 12.6 Å². The molecule has 0 radical (unpaired) electrons. The Bertz CT molecular complexity index is 1270. The van der Waals surface area contributed by atoms with Gasteiger partial charge in [-0.1, -0.05) is 74.5 Å². The first kappa shape index (κ1) is 19.8. The van der Waals surface area contributed by atoms with Crippen molar-refractivity contribution in [2.24, 2.45) is 4.99 Å². The molecular formula is C29H25NS. The molecule has 1 aliphatic rings. The summed E-state index contributed by atoms with van der Waals surface area (Å²) in [4.78, 5) is 6.09. The third kappa shape index (κ3) is 3.73. The van der Waals surface area contributed by atoms with Crippen LogP contribution in [-0.2, 0) is 0 Å². The van der Waals surface area contributed by atoms with Crippen LogP contribution in [0.4, 0.5) is 5.69 Å². The summed E-state index contributed by atoms with van der Waals surface area (Å²) in [5.74, 6) is 0.570. The molecule has 1 aliphatic carbocycles. The quantitative estimate of drug-likeness (QED) is 0.281. The number of thiol groups is 1. The fourth-order valence-corrected chi connectivity index (χ4v) is 4.39. The molecule has 0 saturated carbocycles. The molecule has 4 aromatic rings. The maximum Gasteiger partial charge on any atom is 0.0794 e. The zero-order valence-corrected chi connectivity index (χ0v) is 18.7. The van der Waals surface area contributed by atoms with Crippen molar-refractivity contribution in [3.8, 4) is 22.3 Å². The maximum atomic E-state index is 5.12. The summed E-state index contributed by atoms with van der Waals surface area (Å²) in [6.07, 6.45) is 1.14. The van der Waals surface area contributed by atoms with Gasteiger partial charge in [0.05, 0.1) is 11.4 Å². The number of hydrogen-bond acceptors (Lipinski definition) is 2. The molecule has 0 N–H and O–H groups in total. The van der Waals surface area contributed by atoms with Crippen LogP contribution in [0.25, 0.3) is 22.3 Å². The first-order chi connectivity index (χ1) is 15.1. The minimum atomic E-state index is 0.570. The second-order valence-corrected chi connectivity index (χ2v) is 8.73. The third-order valence-electron chi connectivity index (χ3n) is 6.26. The average molecular weight is 420 g/mol. The van der Waals surface area contributed by atoms with Crippen LogP contribution in [0.3, 0.4) is 0 Å². The molecule has 0 heterocycles. The Morgan fingerprint density at radius 3 is 2.06 bits per heavy atom. The third-order valence-corrected chi connectivity index (χ3v) is 6.56. The summed E-state index contributed by atoms with van der Waals surface area (Å²) in [6.45, 7) is 4.50. The summed E-state index contributed by atoms with van der Waals surface area (Å²) in [7, 11) is 0. The van der Waals surface area contributed by atoms with Crippen molar-refractivity contribution in [3.63, 3.8) is 0 Å². The molecule has 0 spiro atoms. The van der Waals surface area contributed by atoms with E-state index in [-0.39, 0.29) is 0 Å². The SMILES string of the molecule is CCC(C)c1ccc(N=C2c3ccccc3-c3ccc(-c4ccc(S)cc4)cc32)cc1. The predicted molar refractivity (Wildman–Crippen MR) is 135 cm³/mol. The van der Waals surface area contributed by atoms with Crippen molar-refractivity contribution in [2.75, 3.05) is 0 Å². The Balaban J connectivity index is 1.62. The van der Waals surface area contributed by atoms with E-state index >= 15 is 0 Å². The van der Waals surface area contributed by atoms with Gasteiger partial charge in [0, 0.05) is 16.0 Å². The first-order valence-corrected chi connectivity index (χ1v) is 11.3. The molecule has 0 saturated heterocycles. The molecule has 0 bridgehead atoms. The minimum Gasteiger partial charge on any atom is -0.248 e. The summed E-state index contributed by atoms with van der Waals surface area (Å²) >= 11 is 4.42. The highest BCUT2D eigenvalue weighted by Crippen LogP contribution is 2.40. The molecule has 4 aromatic carbocycles. The summed E-state index contributed by atoms with van der Waals surface area (Å²) in [6, 6.07) is 32.3. The Labute approximate surface area is 189 Å². The van der Waals surface area contributed by atoms with Gasteiger partial charge >= 0.3 is 0 Å². The number of benzene rings is 4. The number of fused-ring (bicyclic) bond motifs is 3. The molecule has 0 aliphatic heterocycles. The van der Waals surface area contributed by atoms with Gasteiger partial charge in [-0.3, -0.25) is 0 Å². The average Bonchev–Trinajstić information content (AvgIpc) is 3.12. The second kappa shape index (κ2) is 8.20. The molecule has 0 fully saturated rings. The van der Waals surface area contributed by atoms with Crippen LogP contribution in [0.2, 0.25) is 0 Å². The highest BCUT2D eigenvalue weighted by atomic mass is 32.1. The predicted octanol–water partition coefficient (Wildman–Crippen LogP) is 8.31. The number of hydrogen-bond donors (Lipinski definition) is 1. The van der Waals surface area contributed by atoms with Gasteiger partial charge < -0.3 is 0 Å². The lowest BCUT2D eigenvalue weighted by atomic mass is 9.98. The molecule has 2 heteroatoms. The van der Waals surface area contributed by atoms with Crippen molar-refractivity contribution in [1.29, 1.82) is 0 Å². The molecule has 31 heavy (non-hydrogen) atoms. The van der Waals surface area contributed by atoms with E-state index in [0.29, 0.717) is 5.92 Å². The normalized spacial score (nSPS) is 14.4. The number of nitrogens with zero attached hydrogens (tertiary/aromatic N) is 1. The molecular weight excluding hydrogens is 394 g/mol. The van der Waals surface area contributed by atoms with E-state index in [2.05, 4.69) is 105 Å². The van der Waals surface area contributed by atoms with Crippen LogP contribution in [0.1, 0.15) is 42.9 Å². The van der Waals surface area contributed by atoms with Crippen LogP contribution >= 0.6 is 12.6 Å². The van der Waals surface area contributed by atoms with Gasteiger partial charge in [0.25, 0.3) is 0 Å². The van der Waals surface area contributed by atoms with Crippen molar-refractivity contribution in [2.45, 2.75) is 31.1 Å². The fourth-order valence-electron chi connectivity index (χ4n) is 4.24. The van der Waals surface area contributed by atoms with Gasteiger partial charge in [-0.25, -0.2) is 4.99 Å². The zero-order valence-electron chi connectivity index (χ0n) is 17.8. The largest absolute Gasteiger partial charge is 0.248 e. The lowest BCUT2D eigenvalue weighted by molar-refractivity contribution is 0.734. The highest BCUT2D eigenvalue weighted by Gasteiger charge is 2.25. The minimum absolute atomic E-state index is 0.570. The van der Waals surface area contributed by atoms with Crippen molar-refractivity contribution >= 4 is 24.0 Å². The van der Waals surface area contributed by atoms with Crippen LogP contribution in [0.5, 0.6) is 0 Å². The van der Waals surface area contributed by atoms with Gasteiger partial charge in [-0.2, -0.15) is 0 Å². The smallest absolute Gasteiger partial charge is 0.0794 e. The lowest BCUT2D eigenvalue weighted by Crippen LogP contribution is -1.98. The zero-order chi connectivity index (χ0) is 21.4. The fraction of sp³-hybridized carbons (Fsp3) is 0.138. The Morgan fingerprint density at radius 2 is 1.35 bits per heavy atom. The van der Waals surface area contributed by atoms with E-state index in [4.69, 9.17) is 4.99 Å². The van der Waals surface area contributed by atoms with Gasteiger partial charge in [-0.05, 0) is 70.5 Å². The van der Waals surface area contributed by atoms with Gasteiger partial charge in [0.15, 0.2) is 0 Å². The Morgan fingerprint density at radius 1 is 0.710 bits per heavy atom. The van der Waals surface area contributed by atoms with E-state index < -0.39 is 0 Å². The van der Waals surface area contributed by atoms with E-state index in [9.17, 15) is 0 Å². The Kier molecular flexibility index (Phi) is 5.25. The second-order valence-electron chi connectivity index (χ2n) is 8.21.